The van der Waals surface area contributed by atoms with Crippen molar-refractivity contribution in [1.29, 1.82) is 10.7 Å². The van der Waals surface area contributed by atoms with Crippen molar-refractivity contribution in [2.45, 2.75) is 0 Å². The minimum Gasteiger partial charge on any atom is -0.282 e. The lowest BCUT2D eigenvalue weighted by Crippen LogP contribution is -2.24. The molecule has 0 bridgehead atoms. The lowest BCUT2D eigenvalue weighted by Gasteiger charge is -2.14. The number of hydrogen-bond donors (Lipinski definition) is 1. The number of aliphatic imine (C=N–C) groups is 1. The number of rotatable bonds is 2. The minimum absolute atomic E-state index is 0.0808. The summed E-state index contributed by atoms with van der Waals surface area (Å²) >= 11 is 6.85. The second kappa shape index (κ2) is 7.81. The first-order chi connectivity index (χ1) is 12.5. The molecule has 0 aliphatic rings. The third-order valence-electron chi connectivity index (χ3n) is 3.83. The van der Waals surface area contributed by atoms with Gasteiger partial charge in [-0.2, -0.15) is 5.26 Å². The number of nitrogens with one attached hydrogen (secondary N) is 1. The van der Waals surface area contributed by atoms with Gasteiger partial charge in [-0.15, -0.1) is 0 Å². The molecule has 26 heavy (non-hydrogen) atoms. The van der Waals surface area contributed by atoms with Crippen molar-refractivity contribution >= 4 is 54.3 Å². The molecule has 1 N–H and O–H groups in total. The number of nitrogens with zero attached hydrogens (tertiary/aromatic N) is 3. The quantitative estimate of drug-likeness (QED) is 0.231. The van der Waals surface area contributed by atoms with E-state index in [4.69, 9.17) is 5.41 Å². The fourth-order valence-electron chi connectivity index (χ4n) is 2.57. The highest BCUT2D eigenvalue weighted by Crippen LogP contribution is 2.22. The Hall–Kier alpha value is -2.49. The second-order valence-corrected chi connectivity index (χ2v) is 7.49. The molecule has 0 aliphatic carbocycles. The molecular weight excluding hydrogens is 456 g/mol. The first-order valence-electron chi connectivity index (χ1n) is 7.74. The van der Waals surface area contributed by atoms with Crippen LogP contribution in [0.15, 0.2) is 74.6 Å². The number of benzene rings is 3. The molecule has 0 fully saturated rings. The fraction of sp³-hybridized carbons (Fsp3) is 0.0500. The van der Waals surface area contributed by atoms with Gasteiger partial charge < -0.3 is 0 Å². The number of fused-ring (bicyclic) bond motifs is 1. The van der Waals surface area contributed by atoms with E-state index in [2.05, 4.69) is 43.0 Å². The second-order valence-electron chi connectivity index (χ2n) is 5.66. The van der Waals surface area contributed by atoms with E-state index in [9.17, 15) is 5.26 Å². The number of halogens is 2. The van der Waals surface area contributed by atoms with Crippen LogP contribution in [0.25, 0.3) is 10.8 Å². The summed E-state index contributed by atoms with van der Waals surface area (Å²) in [6.07, 6.45) is 2.08. The van der Waals surface area contributed by atoms with Gasteiger partial charge in [0.05, 0.1) is 0 Å². The van der Waals surface area contributed by atoms with Crippen molar-refractivity contribution in [3.63, 3.8) is 0 Å². The molecule has 0 saturated heterocycles. The maximum atomic E-state index is 9.36. The Bertz CT molecular complexity index is 1050. The highest BCUT2D eigenvalue weighted by Gasteiger charge is 2.13. The van der Waals surface area contributed by atoms with Crippen LogP contribution < -0.4 is 0 Å². The topological polar surface area (TPSA) is 63.2 Å². The molecule has 128 valence electrons. The van der Waals surface area contributed by atoms with Crippen LogP contribution in [0.1, 0.15) is 11.1 Å². The van der Waals surface area contributed by atoms with Crippen LogP contribution in [0, 0.1) is 16.9 Å². The van der Waals surface area contributed by atoms with Crippen LogP contribution in [-0.2, 0) is 0 Å². The van der Waals surface area contributed by atoms with Crippen molar-refractivity contribution < 1.29 is 0 Å². The van der Waals surface area contributed by atoms with Crippen molar-refractivity contribution in [2.24, 2.45) is 4.99 Å². The van der Waals surface area contributed by atoms with Crippen LogP contribution in [0.2, 0.25) is 0 Å². The van der Waals surface area contributed by atoms with Crippen LogP contribution in [0.3, 0.4) is 0 Å². The first kappa shape index (κ1) is 18.3. The predicted octanol–water partition coefficient (Wildman–Crippen LogP) is 5.55. The summed E-state index contributed by atoms with van der Waals surface area (Å²) in [5.74, 6) is 0.511. The summed E-state index contributed by atoms with van der Waals surface area (Å²) in [5.41, 5.74) is 1.43. The van der Waals surface area contributed by atoms with Crippen molar-refractivity contribution in [3.8, 4) is 6.19 Å². The minimum atomic E-state index is 0.0808. The summed E-state index contributed by atoms with van der Waals surface area (Å²) < 4.78 is 1.70. The number of hydrogen-bond acceptors (Lipinski definition) is 2. The fourth-order valence-corrected chi connectivity index (χ4v) is 3.86. The molecule has 0 radical (unpaired) electrons. The van der Waals surface area contributed by atoms with E-state index in [1.807, 2.05) is 60.7 Å². The Balaban J connectivity index is 2.08. The van der Waals surface area contributed by atoms with Crippen molar-refractivity contribution in [2.75, 3.05) is 7.05 Å². The zero-order chi connectivity index (χ0) is 18.7. The van der Waals surface area contributed by atoms with Crippen LogP contribution in [0.4, 0.5) is 0 Å². The molecule has 0 atom stereocenters. The molecule has 6 heteroatoms. The number of amidine groups is 2. The van der Waals surface area contributed by atoms with E-state index in [0.29, 0.717) is 11.4 Å². The first-order valence-corrected chi connectivity index (χ1v) is 9.33. The van der Waals surface area contributed by atoms with Gasteiger partial charge >= 0.3 is 0 Å². The summed E-state index contributed by atoms with van der Waals surface area (Å²) in [7, 11) is 1.64. The zero-order valence-corrected chi connectivity index (χ0v) is 17.0. The van der Waals surface area contributed by atoms with Gasteiger partial charge in [0.1, 0.15) is 0 Å². The molecule has 4 nitrogen and oxygen atoms in total. The molecule has 0 spiro atoms. The van der Waals surface area contributed by atoms with E-state index in [1.54, 1.807) is 7.05 Å². The smallest absolute Gasteiger partial charge is 0.185 e. The molecule has 3 rings (SSSR count). The van der Waals surface area contributed by atoms with Crippen LogP contribution >= 0.6 is 31.9 Å². The van der Waals surface area contributed by atoms with Gasteiger partial charge in [-0.1, -0.05) is 68.3 Å². The van der Waals surface area contributed by atoms with Crippen molar-refractivity contribution in [3.05, 3.63) is 80.7 Å². The molecule has 3 aromatic carbocycles. The van der Waals surface area contributed by atoms with Crippen molar-refractivity contribution in [1.82, 2.24) is 4.90 Å². The van der Waals surface area contributed by atoms with E-state index in [0.717, 1.165) is 25.3 Å². The van der Waals surface area contributed by atoms with Gasteiger partial charge in [0.2, 0.25) is 0 Å². The normalized spacial score (nSPS) is 11.2. The van der Waals surface area contributed by atoms with E-state index >= 15 is 0 Å². The Morgan fingerprint density at radius 2 is 1.62 bits per heavy atom. The highest BCUT2D eigenvalue weighted by atomic mass is 79.9. The molecule has 0 aromatic heterocycles. The Morgan fingerprint density at radius 3 is 2.27 bits per heavy atom. The van der Waals surface area contributed by atoms with Gasteiger partial charge in [-0.25, -0.2) is 4.99 Å². The predicted molar refractivity (Wildman–Crippen MR) is 113 cm³/mol. The molecule has 0 saturated carbocycles. The number of nitriles is 1. The molecule has 0 unspecified atom stereocenters. The van der Waals surface area contributed by atoms with Gasteiger partial charge in [-0.3, -0.25) is 10.3 Å². The lowest BCUT2D eigenvalue weighted by molar-refractivity contribution is 0.713. The molecule has 0 heterocycles. The Morgan fingerprint density at radius 1 is 0.962 bits per heavy atom. The van der Waals surface area contributed by atoms with Crippen LogP contribution in [0.5, 0.6) is 0 Å². The summed E-state index contributed by atoms with van der Waals surface area (Å²) in [6.45, 7) is 0. The molecule has 0 aliphatic heterocycles. The maximum Gasteiger partial charge on any atom is 0.185 e. The molecular formula is C20H14Br2N4. The summed E-state index contributed by atoms with van der Waals surface area (Å²) in [6, 6.07) is 19.4. The van der Waals surface area contributed by atoms with Crippen LogP contribution in [-0.4, -0.2) is 23.6 Å². The average molecular weight is 470 g/mol. The standard InChI is InChI=1S/C20H14Br2N4/c1-26(12-23)20(15-7-6-13-4-2-3-5-14(13)8-15)25-19(24)16-9-17(21)11-18(22)10-16/h2-11,24H,1H3/b24-19?,25-20-. The Labute approximate surface area is 168 Å². The zero-order valence-electron chi connectivity index (χ0n) is 13.9. The largest absolute Gasteiger partial charge is 0.282 e. The Kier molecular flexibility index (Phi) is 5.50. The highest BCUT2D eigenvalue weighted by molar-refractivity contribution is 9.11. The van der Waals surface area contributed by atoms with Gasteiger partial charge in [0.15, 0.2) is 17.9 Å². The summed E-state index contributed by atoms with van der Waals surface area (Å²) in [5, 5.41) is 19.9. The van der Waals surface area contributed by atoms with Gasteiger partial charge in [-0.05, 0) is 35.0 Å². The molecule has 3 aromatic rings. The summed E-state index contributed by atoms with van der Waals surface area (Å²) in [4.78, 5) is 5.81. The van der Waals surface area contributed by atoms with Gasteiger partial charge in [0.25, 0.3) is 0 Å². The molecule has 0 amide bonds. The van der Waals surface area contributed by atoms with Gasteiger partial charge in [0, 0.05) is 27.1 Å². The monoisotopic (exact) mass is 468 g/mol. The van der Waals surface area contributed by atoms with E-state index in [1.165, 1.54) is 4.90 Å². The van der Waals surface area contributed by atoms with E-state index < -0.39 is 0 Å². The lowest BCUT2D eigenvalue weighted by atomic mass is 10.1. The SMILES string of the molecule is CN(C#N)/C(=N\C(=N)c1cc(Br)cc(Br)c1)c1ccc2ccccc2c1. The third-order valence-corrected chi connectivity index (χ3v) is 4.74. The average Bonchev–Trinajstić information content (AvgIpc) is 2.64. The van der Waals surface area contributed by atoms with E-state index in [-0.39, 0.29) is 5.84 Å². The maximum absolute atomic E-state index is 9.36. The third kappa shape index (κ3) is 4.01.